The van der Waals surface area contributed by atoms with Gasteiger partial charge in [0.2, 0.25) is 0 Å². The fourth-order valence-corrected chi connectivity index (χ4v) is 2.10. The third-order valence-electron chi connectivity index (χ3n) is 3.55. The Labute approximate surface area is 104 Å². The van der Waals surface area contributed by atoms with Gasteiger partial charge in [-0.25, -0.2) is 8.78 Å². The zero-order valence-electron chi connectivity index (χ0n) is 10.2. The van der Waals surface area contributed by atoms with Crippen molar-refractivity contribution in [3.8, 4) is 0 Å². The van der Waals surface area contributed by atoms with E-state index in [-0.39, 0.29) is 17.3 Å². The molecule has 5 heteroatoms. The summed E-state index contributed by atoms with van der Waals surface area (Å²) in [4.78, 5) is 11.9. The van der Waals surface area contributed by atoms with Gasteiger partial charge in [-0.3, -0.25) is 4.79 Å². The summed E-state index contributed by atoms with van der Waals surface area (Å²) >= 11 is 0. The van der Waals surface area contributed by atoms with Gasteiger partial charge in [0, 0.05) is 17.8 Å². The van der Waals surface area contributed by atoms with E-state index in [1.54, 1.807) is 0 Å². The van der Waals surface area contributed by atoms with Crippen molar-refractivity contribution in [2.45, 2.75) is 32.2 Å². The molecule has 0 aromatic heterocycles. The van der Waals surface area contributed by atoms with Gasteiger partial charge in [-0.1, -0.05) is 6.42 Å². The summed E-state index contributed by atoms with van der Waals surface area (Å²) in [6, 6.07) is 1.70. The Hall–Kier alpha value is -1.65. The molecule has 2 rings (SSSR count). The maximum absolute atomic E-state index is 13.1. The molecule has 3 N–H and O–H groups in total. The lowest BCUT2D eigenvalue weighted by Gasteiger charge is -2.31. The summed E-state index contributed by atoms with van der Waals surface area (Å²) < 4.78 is 26.0. The minimum absolute atomic E-state index is 0.0138. The highest BCUT2D eigenvalue weighted by molar-refractivity contribution is 5.99. The fourth-order valence-electron chi connectivity index (χ4n) is 2.10. The average Bonchev–Trinajstić information content (AvgIpc) is 2.20. The predicted molar refractivity (Wildman–Crippen MR) is 65.0 cm³/mol. The Morgan fingerprint density at radius 1 is 1.39 bits per heavy atom. The molecule has 18 heavy (non-hydrogen) atoms. The SMILES string of the molecule is CC(NC(=O)c1cc(F)c(F)cc1N)C1CCC1. The molecule has 1 saturated carbocycles. The minimum atomic E-state index is -1.06. The Morgan fingerprint density at radius 3 is 2.56 bits per heavy atom. The highest BCUT2D eigenvalue weighted by Gasteiger charge is 2.26. The second kappa shape index (κ2) is 4.92. The number of halogens is 2. The van der Waals surface area contributed by atoms with Crippen LogP contribution in [0.2, 0.25) is 0 Å². The Balaban J connectivity index is 2.10. The van der Waals surface area contributed by atoms with Crippen LogP contribution < -0.4 is 11.1 Å². The number of amides is 1. The van der Waals surface area contributed by atoms with Gasteiger partial charge in [0.15, 0.2) is 11.6 Å². The van der Waals surface area contributed by atoms with Crippen LogP contribution in [0.4, 0.5) is 14.5 Å². The van der Waals surface area contributed by atoms with Gasteiger partial charge in [-0.05, 0) is 31.7 Å². The molecule has 0 spiro atoms. The number of nitrogens with one attached hydrogen (secondary N) is 1. The number of hydrogen-bond donors (Lipinski definition) is 2. The molecule has 98 valence electrons. The van der Waals surface area contributed by atoms with Crippen molar-refractivity contribution in [2.75, 3.05) is 5.73 Å². The molecule has 0 aliphatic heterocycles. The van der Waals surface area contributed by atoms with Gasteiger partial charge >= 0.3 is 0 Å². The van der Waals surface area contributed by atoms with Crippen molar-refractivity contribution in [1.82, 2.24) is 5.32 Å². The van der Waals surface area contributed by atoms with Gasteiger partial charge in [-0.2, -0.15) is 0 Å². The van der Waals surface area contributed by atoms with Crippen LogP contribution in [0.25, 0.3) is 0 Å². The molecule has 1 atom stereocenters. The van der Waals surface area contributed by atoms with Crippen molar-refractivity contribution in [3.63, 3.8) is 0 Å². The van der Waals surface area contributed by atoms with E-state index in [1.807, 2.05) is 6.92 Å². The van der Waals surface area contributed by atoms with E-state index in [0.29, 0.717) is 5.92 Å². The van der Waals surface area contributed by atoms with Crippen molar-refractivity contribution < 1.29 is 13.6 Å². The number of carbonyl (C=O) groups is 1. The fraction of sp³-hybridized carbons (Fsp3) is 0.462. The van der Waals surface area contributed by atoms with E-state index in [1.165, 1.54) is 6.42 Å². The quantitative estimate of drug-likeness (QED) is 0.814. The summed E-state index contributed by atoms with van der Waals surface area (Å²) in [6.07, 6.45) is 3.36. The zero-order chi connectivity index (χ0) is 13.3. The largest absolute Gasteiger partial charge is 0.398 e. The molecular weight excluding hydrogens is 238 g/mol. The Bertz CT molecular complexity index is 472. The van der Waals surface area contributed by atoms with Crippen LogP contribution >= 0.6 is 0 Å². The molecule has 1 amide bonds. The second-order valence-corrected chi connectivity index (χ2v) is 4.81. The topological polar surface area (TPSA) is 55.1 Å². The van der Waals surface area contributed by atoms with Crippen molar-refractivity contribution >= 4 is 11.6 Å². The molecule has 1 aliphatic carbocycles. The minimum Gasteiger partial charge on any atom is -0.398 e. The van der Waals surface area contributed by atoms with Crippen LogP contribution in [0, 0.1) is 17.6 Å². The first-order chi connectivity index (χ1) is 8.49. The smallest absolute Gasteiger partial charge is 0.253 e. The molecule has 1 unspecified atom stereocenters. The molecule has 1 aromatic rings. The van der Waals surface area contributed by atoms with Crippen molar-refractivity contribution in [3.05, 3.63) is 29.3 Å². The van der Waals surface area contributed by atoms with Crippen LogP contribution in [0.15, 0.2) is 12.1 Å². The Morgan fingerprint density at radius 2 is 2.00 bits per heavy atom. The van der Waals surface area contributed by atoms with Crippen LogP contribution in [0.5, 0.6) is 0 Å². The summed E-state index contributed by atoms with van der Waals surface area (Å²) in [7, 11) is 0. The molecule has 0 bridgehead atoms. The first kappa shape index (κ1) is 12.8. The summed E-state index contributed by atoms with van der Waals surface area (Å²) in [5.41, 5.74) is 5.46. The van der Waals surface area contributed by atoms with Gasteiger partial charge in [-0.15, -0.1) is 0 Å². The van der Waals surface area contributed by atoms with Crippen molar-refractivity contribution in [1.29, 1.82) is 0 Å². The lowest BCUT2D eigenvalue weighted by Crippen LogP contribution is -2.40. The highest BCUT2D eigenvalue weighted by atomic mass is 19.2. The zero-order valence-corrected chi connectivity index (χ0v) is 10.2. The number of carbonyl (C=O) groups excluding carboxylic acids is 1. The van der Waals surface area contributed by atoms with Gasteiger partial charge < -0.3 is 11.1 Å². The monoisotopic (exact) mass is 254 g/mol. The summed E-state index contributed by atoms with van der Waals surface area (Å²) in [5, 5.41) is 2.78. The van der Waals surface area contributed by atoms with Crippen molar-refractivity contribution in [2.24, 2.45) is 5.92 Å². The molecule has 0 heterocycles. The number of nitrogens with two attached hydrogens (primary N) is 1. The lowest BCUT2D eigenvalue weighted by molar-refractivity contribution is 0.0909. The van der Waals surface area contributed by atoms with E-state index in [2.05, 4.69) is 5.32 Å². The predicted octanol–water partition coefficient (Wildman–Crippen LogP) is 2.47. The van der Waals surface area contributed by atoms with Gasteiger partial charge in [0.1, 0.15) is 0 Å². The second-order valence-electron chi connectivity index (χ2n) is 4.81. The van der Waals surface area contributed by atoms with Gasteiger partial charge in [0.25, 0.3) is 5.91 Å². The van der Waals surface area contributed by atoms with Crippen LogP contribution in [0.1, 0.15) is 36.5 Å². The van der Waals surface area contributed by atoms with E-state index in [4.69, 9.17) is 5.73 Å². The number of hydrogen-bond acceptors (Lipinski definition) is 2. The highest BCUT2D eigenvalue weighted by Crippen LogP contribution is 2.29. The Kier molecular flexibility index (Phi) is 3.50. The molecule has 1 fully saturated rings. The maximum atomic E-state index is 13.1. The first-order valence-electron chi connectivity index (χ1n) is 6.04. The molecule has 0 saturated heterocycles. The molecule has 0 radical (unpaired) electrons. The van der Waals surface area contributed by atoms with E-state index in [9.17, 15) is 13.6 Å². The van der Waals surface area contributed by atoms with E-state index in [0.717, 1.165) is 25.0 Å². The molecule has 1 aromatic carbocycles. The summed E-state index contributed by atoms with van der Waals surface area (Å²) in [5.74, 6) is -2.09. The number of anilines is 1. The number of nitrogen functional groups attached to an aromatic ring is 1. The lowest BCUT2D eigenvalue weighted by atomic mass is 9.80. The molecular formula is C13H16F2N2O. The van der Waals surface area contributed by atoms with Crippen LogP contribution in [-0.2, 0) is 0 Å². The number of rotatable bonds is 3. The van der Waals surface area contributed by atoms with Crippen LogP contribution in [0.3, 0.4) is 0 Å². The molecule has 3 nitrogen and oxygen atoms in total. The summed E-state index contributed by atoms with van der Waals surface area (Å²) in [6.45, 7) is 1.91. The first-order valence-corrected chi connectivity index (χ1v) is 6.04. The third-order valence-corrected chi connectivity index (χ3v) is 3.55. The normalized spacial score (nSPS) is 17.1. The third kappa shape index (κ3) is 2.44. The average molecular weight is 254 g/mol. The van der Waals surface area contributed by atoms with Gasteiger partial charge in [0.05, 0.1) is 5.56 Å². The maximum Gasteiger partial charge on any atom is 0.253 e. The number of benzene rings is 1. The van der Waals surface area contributed by atoms with E-state index >= 15 is 0 Å². The van der Waals surface area contributed by atoms with E-state index < -0.39 is 17.5 Å². The standard InChI is InChI=1S/C13H16F2N2O/c1-7(8-3-2-4-8)17-13(18)9-5-10(14)11(15)6-12(9)16/h5-8H,2-4,16H2,1H3,(H,17,18). The molecule has 1 aliphatic rings. The van der Waals surface area contributed by atoms with Crippen LogP contribution in [-0.4, -0.2) is 11.9 Å².